The van der Waals surface area contributed by atoms with Crippen LogP contribution < -0.4 is 9.47 Å². The number of methoxy groups -OCH3 is 1. The van der Waals surface area contributed by atoms with Crippen molar-refractivity contribution in [1.82, 2.24) is 14.9 Å². The van der Waals surface area contributed by atoms with Crippen LogP contribution in [-0.2, 0) is 4.79 Å². The zero-order valence-electron chi connectivity index (χ0n) is 14.2. The highest BCUT2D eigenvalue weighted by Crippen LogP contribution is 2.29. The molecule has 1 aromatic carbocycles. The van der Waals surface area contributed by atoms with Crippen molar-refractivity contribution in [2.24, 2.45) is 0 Å². The summed E-state index contributed by atoms with van der Waals surface area (Å²) in [7, 11) is 1.58. The topological polar surface area (TPSA) is 64.6 Å². The summed E-state index contributed by atoms with van der Waals surface area (Å²) < 4.78 is 11.4. The van der Waals surface area contributed by atoms with E-state index in [1.165, 1.54) is 6.08 Å². The van der Waals surface area contributed by atoms with Crippen LogP contribution in [0.5, 0.6) is 11.6 Å². The Hall–Kier alpha value is -2.89. The molecule has 6 heteroatoms. The number of hydrogen-bond acceptors (Lipinski definition) is 5. The van der Waals surface area contributed by atoms with E-state index in [0.29, 0.717) is 24.7 Å². The van der Waals surface area contributed by atoms with E-state index in [9.17, 15) is 4.79 Å². The van der Waals surface area contributed by atoms with Crippen LogP contribution in [0, 0.1) is 0 Å². The van der Waals surface area contributed by atoms with Gasteiger partial charge in [-0.1, -0.05) is 18.7 Å². The maximum absolute atomic E-state index is 11.6. The van der Waals surface area contributed by atoms with Crippen molar-refractivity contribution in [1.29, 1.82) is 0 Å². The van der Waals surface area contributed by atoms with Gasteiger partial charge < -0.3 is 14.4 Å². The Morgan fingerprint density at radius 1 is 1.28 bits per heavy atom. The molecule has 1 saturated heterocycles. The predicted molar refractivity (Wildman–Crippen MR) is 94.4 cm³/mol. The third kappa shape index (κ3) is 3.96. The molecule has 0 saturated carbocycles. The third-order valence-corrected chi connectivity index (χ3v) is 4.20. The van der Waals surface area contributed by atoms with Gasteiger partial charge in [0.2, 0.25) is 11.8 Å². The highest BCUT2D eigenvalue weighted by atomic mass is 16.5. The van der Waals surface area contributed by atoms with Crippen molar-refractivity contribution in [2.75, 3.05) is 20.2 Å². The first-order chi connectivity index (χ1) is 12.2. The van der Waals surface area contributed by atoms with Gasteiger partial charge in [0.25, 0.3) is 0 Å². The van der Waals surface area contributed by atoms with Crippen molar-refractivity contribution in [3.8, 4) is 22.9 Å². The van der Waals surface area contributed by atoms with E-state index in [2.05, 4.69) is 16.5 Å². The fourth-order valence-corrected chi connectivity index (χ4v) is 2.90. The minimum absolute atomic E-state index is 0.0183. The molecule has 1 amide bonds. The Labute approximate surface area is 147 Å². The SMILES string of the molecule is C=CC(=O)N1CCC(Oc2cccc(-c3nccnc3OC)c2)CC1. The van der Waals surface area contributed by atoms with Crippen LogP contribution in [0.1, 0.15) is 12.8 Å². The Morgan fingerprint density at radius 2 is 2.04 bits per heavy atom. The summed E-state index contributed by atoms with van der Waals surface area (Å²) in [5.74, 6) is 1.24. The standard InChI is InChI=1S/C19H21N3O3/c1-3-17(23)22-11-7-15(8-12-22)25-16-6-4-5-14(13-16)18-19(24-2)21-10-9-20-18/h3-6,9-10,13,15H,1,7-8,11-12H2,2H3. The van der Waals surface area contributed by atoms with E-state index in [1.807, 2.05) is 24.3 Å². The average Bonchev–Trinajstić information content (AvgIpc) is 2.68. The number of piperidine rings is 1. The molecule has 0 aliphatic carbocycles. The number of nitrogens with zero attached hydrogens (tertiary/aromatic N) is 3. The summed E-state index contributed by atoms with van der Waals surface area (Å²) in [4.78, 5) is 22.0. The molecule has 0 atom stereocenters. The second kappa shape index (κ2) is 7.79. The molecule has 0 bridgehead atoms. The Kier molecular flexibility index (Phi) is 5.28. The van der Waals surface area contributed by atoms with Gasteiger partial charge in [-0.3, -0.25) is 4.79 Å². The molecule has 2 aromatic rings. The molecule has 2 heterocycles. The van der Waals surface area contributed by atoms with Crippen molar-refractivity contribution in [2.45, 2.75) is 18.9 Å². The lowest BCUT2D eigenvalue weighted by Gasteiger charge is -2.31. The van der Waals surface area contributed by atoms with Gasteiger partial charge in [-0.25, -0.2) is 9.97 Å². The van der Waals surface area contributed by atoms with Crippen LogP contribution in [0.4, 0.5) is 0 Å². The number of hydrogen-bond donors (Lipinski definition) is 0. The quantitative estimate of drug-likeness (QED) is 0.784. The smallest absolute Gasteiger partial charge is 0.245 e. The number of amides is 1. The summed E-state index contributed by atoms with van der Waals surface area (Å²) >= 11 is 0. The zero-order chi connectivity index (χ0) is 17.6. The minimum atomic E-state index is -0.0183. The number of likely N-dealkylation sites (tertiary alicyclic amines) is 1. The highest BCUT2D eigenvalue weighted by molar-refractivity contribution is 5.87. The van der Waals surface area contributed by atoms with Crippen LogP contribution in [0.2, 0.25) is 0 Å². The molecule has 25 heavy (non-hydrogen) atoms. The van der Waals surface area contributed by atoms with Crippen LogP contribution in [0.3, 0.4) is 0 Å². The first-order valence-electron chi connectivity index (χ1n) is 8.24. The van der Waals surface area contributed by atoms with E-state index in [1.54, 1.807) is 24.4 Å². The molecular weight excluding hydrogens is 318 g/mol. The summed E-state index contributed by atoms with van der Waals surface area (Å²) in [6.45, 7) is 4.91. The monoisotopic (exact) mass is 339 g/mol. The van der Waals surface area contributed by atoms with E-state index in [-0.39, 0.29) is 12.0 Å². The molecule has 3 rings (SSSR count). The van der Waals surface area contributed by atoms with Gasteiger partial charge in [-0.2, -0.15) is 0 Å². The molecule has 130 valence electrons. The molecule has 0 N–H and O–H groups in total. The summed E-state index contributed by atoms with van der Waals surface area (Å²) in [6.07, 6.45) is 6.29. The molecular formula is C19H21N3O3. The Morgan fingerprint density at radius 3 is 2.76 bits per heavy atom. The number of aromatic nitrogens is 2. The second-order valence-corrected chi connectivity index (χ2v) is 5.79. The van der Waals surface area contributed by atoms with E-state index in [0.717, 1.165) is 24.2 Å². The van der Waals surface area contributed by atoms with Gasteiger partial charge in [-0.15, -0.1) is 0 Å². The Bertz CT molecular complexity index is 755. The summed E-state index contributed by atoms with van der Waals surface area (Å²) in [5, 5.41) is 0. The molecule has 0 radical (unpaired) electrons. The van der Waals surface area contributed by atoms with Gasteiger partial charge in [0.1, 0.15) is 17.5 Å². The molecule has 1 fully saturated rings. The molecule has 1 aliphatic rings. The van der Waals surface area contributed by atoms with E-state index in [4.69, 9.17) is 9.47 Å². The van der Waals surface area contributed by atoms with Crippen LogP contribution in [-0.4, -0.2) is 47.1 Å². The molecule has 1 aromatic heterocycles. The summed E-state index contributed by atoms with van der Waals surface area (Å²) in [5.41, 5.74) is 1.57. The normalized spacial score (nSPS) is 14.8. The Balaban J connectivity index is 1.69. The minimum Gasteiger partial charge on any atom is -0.490 e. The van der Waals surface area contributed by atoms with Crippen molar-refractivity contribution >= 4 is 5.91 Å². The van der Waals surface area contributed by atoms with E-state index >= 15 is 0 Å². The largest absolute Gasteiger partial charge is 0.490 e. The third-order valence-electron chi connectivity index (χ3n) is 4.20. The van der Waals surface area contributed by atoms with Crippen LogP contribution >= 0.6 is 0 Å². The first kappa shape index (κ1) is 17.0. The molecule has 0 spiro atoms. The lowest BCUT2D eigenvalue weighted by Crippen LogP contribution is -2.41. The average molecular weight is 339 g/mol. The number of carbonyl (C=O) groups excluding carboxylic acids is 1. The first-order valence-corrected chi connectivity index (χ1v) is 8.24. The molecule has 6 nitrogen and oxygen atoms in total. The van der Waals surface area contributed by atoms with Gasteiger partial charge in [0, 0.05) is 43.9 Å². The van der Waals surface area contributed by atoms with Crippen molar-refractivity contribution in [3.63, 3.8) is 0 Å². The second-order valence-electron chi connectivity index (χ2n) is 5.79. The zero-order valence-corrected chi connectivity index (χ0v) is 14.2. The van der Waals surface area contributed by atoms with Crippen LogP contribution in [0.25, 0.3) is 11.3 Å². The highest BCUT2D eigenvalue weighted by Gasteiger charge is 2.22. The maximum atomic E-state index is 11.6. The number of ether oxygens (including phenoxy) is 2. The predicted octanol–water partition coefficient (Wildman–Crippen LogP) is 2.71. The van der Waals surface area contributed by atoms with Crippen molar-refractivity contribution in [3.05, 3.63) is 49.3 Å². The van der Waals surface area contributed by atoms with Gasteiger partial charge >= 0.3 is 0 Å². The molecule has 1 aliphatic heterocycles. The van der Waals surface area contributed by atoms with Crippen LogP contribution in [0.15, 0.2) is 49.3 Å². The van der Waals surface area contributed by atoms with Gasteiger partial charge in [-0.05, 0) is 18.2 Å². The fourth-order valence-electron chi connectivity index (χ4n) is 2.90. The van der Waals surface area contributed by atoms with E-state index < -0.39 is 0 Å². The number of carbonyl (C=O) groups is 1. The lowest BCUT2D eigenvalue weighted by atomic mass is 10.1. The van der Waals surface area contributed by atoms with Crippen molar-refractivity contribution < 1.29 is 14.3 Å². The number of benzene rings is 1. The number of rotatable bonds is 5. The molecule has 0 unspecified atom stereocenters. The lowest BCUT2D eigenvalue weighted by molar-refractivity contribution is -0.127. The fraction of sp³-hybridized carbons (Fsp3) is 0.316. The van der Waals surface area contributed by atoms with Gasteiger partial charge in [0.15, 0.2) is 0 Å². The maximum Gasteiger partial charge on any atom is 0.245 e. The van der Waals surface area contributed by atoms with Gasteiger partial charge in [0.05, 0.1) is 7.11 Å². The summed E-state index contributed by atoms with van der Waals surface area (Å²) in [6, 6.07) is 7.74.